The molecule has 8 nitrogen and oxygen atoms in total. The van der Waals surface area contributed by atoms with Crippen LogP contribution in [0.4, 0.5) is 5.69 Å². The SMILES string of the molecule is CC1CCC(C(=O)N(c2cc(-c3ccc(-c4cc5ncccn5n4)cc3)sc2C(=O)O)C2CCOC2)CC1. The van der Waals surface area contributed by atoms with Crippen LogP contribution in [0.15, 0.2) is 54.9 Å². The van der Waals surface area contributed by atoms with Crippen LogP contribution in [-0.4, -0.2) is 50.8 Å². The number of carboxylic acid groups (broad SMARTS) is 1. The van der Waals surface area contributed by atoms with Crippen molar-refractivity contribution in [3.8, 4) is 21.7 Å². The topological polar surface area (TPSA) is 97.0 Å². The molecule has 1 N–H and O–H groups in total. The van der Waals surface area contributed by atoms with Gasteiger partial charge in [0, 0.05) is 41.4 Å². The molecule has 1 unspecified atom stereocenters. The van der Waals surface area contributed by atoms with E-state index in [1.54, 1.807) is 15.6 Å². The number of thiophene rings is 1. The first-order valence-electron chi connectivity index (χ1n) is 13.2. The van der Waals surface area contributed by atoms with Crippen LogP contribution in [0.25, 0.3) is 27.3 Å². The molecule has 196 valence electrons. The molecule has 9 heteroatoms. The molecule has 0 spiro atoms. The van der Waals surface area contributed by atoms with Gasteiger partial charge in [0.15, 0.2) is 5.65 Å². The average molecular weight is 531 g/mol. The molecular weight excluding hydrogens is 500 g/mol. The van der Waals surface area contributed by atoms with E-state index in [-0.39, 0.29) is 22.7 Å². The Labute approximate surface area is 224 Å². The highest BCUT2D eigenvalue weighted by atomic mass is 32.1. The van der Waals surface area contributed by atoms with Gasteiger partial charge in [0.25, 0.3) is 0 Å². The van der Waals surface area contributed by atoms with Gasteiger partial charge in [0.05, 0.1) is 24.0 Å². The number of carbonyl (C=O) groups is 2. The van der Waals surface area contributed by atoms with Crippen LogP contribution < -0.4 is 4.90 Å². The maximum atomic E-state index is 13.9. The van der Waals surface area contributed by atoms with Crippen molar-refractivity contribution in [1.29, 1.82) is 0 Å². The minimum Gasteiger partial charge on any atom is -0.477 e. The maximum Gasteiger partial charge on any atom is 0.348 e. The Morgan fingerprint density at radius 2 is 1.84 bits per heavy atom. The predicted octanol–water partition coefficient (Wildman–Crippen LogP) is 5.77. The summed E-state index contributed by atoms with van der Waals surface area (Å²) < 4.78 is 7.37. The molecule has 2 fully saturated rings. The van der Waals surface area contributed by atoms with Crippen LogP contribution in [0.2, 0.25) is 0 Å². The summed E-state index contributed by atoms with van der Waals surface area (Å²) >= 11 is 1.21. The van der Waals surface area contributed by atoms with Gasteiger partial charge in [-0.3, -0.25) is 4.79 Å². The fraction of sp³-hybridized carbons (Fsp3) is 0.379. The Bertz CT molecular complexity index is 1430. The number of aromatic nitrogens is 3. The van der Waals surface area contributed by atoms with Gasteiger partial charge in [-0.15, -0.1) is 11.3 Å². The van der Waals surface area contributed by atoms with Crippen LogP contribution in [0.1, 0.15) is 48.7 Å². The number of hydrogen-bond donors (Lipinski definition) is 1. The van der Waals surface area contributed by atoms with Crippen molar-refractivity contribution in [2.75, 3.05) is 18.1 Å². The van der Waals surface area contributed by atoms with Crippen LogP contribution in [0.3, 0.4) is 0 Å². The standard InChI is InChI=1S/C29H30N4O4S/c1-18-3-5-21(6-4-18)28(34)33(22-11-14-37-17-22)24-16-25(38-27(24)29(35)36)20-9-7-19(8-10-20)23-15-26-30-12-2-13-32(26)31-23/h2,7-10,12-13,15-16,18,21-22H,3-6,11,14,17H2,1H3,(H,35,36). The van der Waals surface area contributed by atoms with E-state index in [0.29, 0.717) is 31.2 Å². The van der Waals surface area contributed by atoms with Crippen LogP contribution in [0.5, 0.6) is 0 Å². The number of ether oxygens (including phenoxy) is 1. The number of fused-ring (bicyclic) bond motifs is 1. The summed E-state index contributed by atoms with van der Waals surface area (Å²) in [5.41, 5.74) is 3.92. The fourth-order valence-electron chi connectivity index (χ4n) is 5.56. The molecule has 38 heavy (non-hydrogen) atoms. The van der Waals surface area contributed by atoms with Crippen molar-refractivity contribution in [2.45, 2.75) is 45.1 Å². The number of carboxylic acids is 1. The Balaban J connectivity index is 1.33. The summed E-state index contributed by atoms with van der Waals surface area (Å²) in [6.07, 6.45) is 8.06. The largest absolute Gasteiger partial charge is 0.477 e. The molecule has 1 saturated heterocycles. The summed E-state index contributed by atoms with van der Waals surface area (Å²) in [7, 11) is 0. The summed E-state index contributed by atoms with van der Waals surface area (Å²) in [5, 5.41) is 14.7. The molecule has 0 radical (unpaired) electrons. The van der Waals surface area contributed by atoms with E-state index < -0.39 is 5.97 Å². The van der Waals surface area contributed by atoms with Crippen molar-refractivity contribution < 1.29 is 19.4 Å². The van der Waals surface area contributed by atoms with Gasteiger partial charge < -0.3 is 14.7 Å². The van der Waals surface area contributed by atoms with E-state index in [2.05, 4.69) is 17.0 Å². The summed E-state index contributed by atoms with van der Waals surface area (Å²) in [6, 6.07) is 13.4. The molecular formula is C29H30N4O4S. The number of hydrogen-bond acceptors (Lipinski definition) is 6. The Morgan fingerprint density at radius 3 is 2.53 bits per heavy atom. The monoisotopic (exact) mass is 530 g/mol. The molecule has 1 aliphatic heterocycles. The minimum absolute atomic E-state index is 0.0371. The Morgan fingerprint density at radius 1 is 1.08 bits per heavy atom. The van der Waals surface area contributed by atoms with E-state index in [0.717, 1.165) is 53.0 Å². The summed E-state index contributed by atoms with van der Waals surface area (Å²) in [4.78, 5) is 33.3. The quantitative estimate of drug-likeness (QED) is 0.340. The van der Waals surface area contributed by atoms with Crippen LogP contribution in [0, 0.1) is 11.8 Å². The first-order chi connectivity index (χ1) is 18.5. The molecule has 1 aliphatic carbocycles. The summed E-state index contributed by atoms with van der Waals surface area (Å²) in [6.45, 7) is 3.24. The zero-order chi connectivity index (χ0) is 26.2. The van der Waals surface area contributed by atoms with Crippen molar-refractivity contribution in [3.05, 3.63) is 59.7 Å². The number of anilines is 1. The highest BCUT2D eigenvalue weighted by Crippen LogP contribution is 2.41. The summed E-state index contributed by atoms with van der Waals surface area (Å²) in [5.74, 6) is -0.422. The second-order valence-electron chi connectivity index (χ2n) is 10.3. The smallest absolute Gasteiger partial charge is 0.348 e. The van der Waals surface area contributed by atoms with E-state index in [4.69, 9.17) is 4.74 Å². The fourth-order valence-corrected chi connectivity index (χ4v) is 6.55. The van der Waals surface area contributed by atoms with Gasteiger partial charge in [0.2, 0.25) is 5.91 Å². The van der Waals surface area contributed by atoms with E-state index in [1.807, 2.05) is 48.7 Å². The van der Waals surface area contributed by atoms with Gasteiger partial charge >= 0.3 is 5.97 Å². The average Bonchev–Trinajstić information content (AvgIpc) is 3.69. The molecule has 1 aromatic carbocycles. The van der Waals surface area contributed by atoms with E-state index in [1.165, 1.54) is 11.3 Å². The zero-order valence-corrected chi connectivity index (χ0v) is 22.1. The highest BCUT2D eigenvalue weighted by molar-refractivity contribution is 7.18. The number of carbonyl (C=O) groups excluding carboxylic acids is 1. The van der Waals surface area contributed by atoms with Gasteiger partial charge in [-0.2, -0.15) is 5.10 Å². The molecule has 4 heterocycles. The Hall–Kier alpha value is -3.56. The minimum atomic E-state index is -1.01. The van der Waals surface area contributed by atoms with Crippen molar-refractivity contribution in [3.63, 3.8) is 0 Å². The zero-order valence-electron chi connectivity index (χ0n) is 21.2. The van der Waals surface area contributed by atoms with Gasteiger partial charge in [-0.25, -0.2) is 14.3 Å². The van der Waals surface area contributed by atoms with Crippen molar-refractivity contribution in [1.82, 2.24) is 14.6 Å². The molecule has 3 aromatic heterocycles. The van der Waals surface area contributed by atoms with Gasteiger partial charge in [-0.05, 0) is 55.7 Å². The second-order valence-corrected chi connectivity index (χ2v) is 11.4. The highest BCUT2D eigenvalue weighted by Gasteiger charge is 2.37. The second kappa shape index (κ2) is 10.3. The Kier molecular flexibility index (Phi) is 6.71. The normalized spacial score (nSPS) is 21.6. The molecule has 4 aromatic rings. The molecule has 0 bridgehead atoms. The lowest BCUT2D eigenvalue weighted by molar-refractivity contribution is -0.124. The predicted molar refractivity (Wildman–Crippen MR) is 147 cm³/mol. The molecule has 6 rings (SSSR count). The van der Waals surface area contributed by atoms with Crippen molar-refractivity contribution in [2.24, 2.45) is 11.8 Å². The number of aromatic carboxylic acids is 1. The van der Waals surface area contributed by atoms with E-state index >= 15 is 0 Å². The molecule has 2 aliphatic rings. The number of rotatable bonds is 6. The molecule has 1 atom stereocenters. The molecule has 1 saturated carbocycles. The first-order valence-corrected chi connectivity index (χ1v) is 14.0. The lowest BCUT2D eigenvalue weighted by Crippen LogP contribution is -2.45. The molecule has 1 amide bonds. The van der Waals surface area contributed by atoms with Gasteiger partial charge in [-0.1, -0.05) is 31.2 Å². The van der Waals surface area contributed by atoms with Crippen molar-refractivity contribution >= 4 is 34.5 Å². The number of nitrogens with zero attached hydrogens (tertiary/aromatic N) is 4. The lowest BCUT2D eigenvalue weighted by atomic mass is 9.82. The maximum absolute atomic E-state index is 13.9. The number of amides is 1. The third kappa shape index (κ3) is 4.72. The number of benzene rings is 1. The van der Waals surface area contributed by atoms with Crippen LogP contribution >= 0.6 is 11.3 Å². The third-order valence-corrected chi connectivity index (χ3v) is 8.90. The van der Waals surface area contributed by atoms with Crippen LogP contribution in [-0.2, 0) is 9.53 Å². The first kappa shape index (κ1) is 24.8. The van der Waals surface area contributed by atoms with E-state index in [9.17, 15) is 14.7 Å². The van der Waals surface area contributed by atoms with Gasteiger partial charge in [0.1, 0.15) is 4.88 Å². The third-order valence-electron chi connectivity index (χ3n) is 7.74. The lowest BCUT2D eigenvalue weighted by Gasteiger charge is -2.34.